The Morgan fingerprint density at radius 2 is 2.19 bits per heavy atom. The Labute approximate surface area is 180 Å². The molecule has 1 fully saturated rings. The Balaban J connectivity index is 1.22. The number of benzene rings is 1. The number of carbonyl (C=O) groups is 1. The number of rotatable bonds is 7. The van der Waals surface area contributed by atoms with Crippen LogP contribution in [-0.4, -0.2) is 53.0 Å². The second-order valence-corrected chi connectivity index (χ2v) is 8.19. The fourth-order valence-corrected chi connectivity index (χ4v) is 4.14. The Bertz CT molecular complexity index is 1030. The molecule has 1 unspecified atom stereocenters. The van der Waals surface area contributed by atoms with E-state index in [9.17, 15) is 14.3 Å². The van der Waals surface area contributed by atoms with Crippen molar-refractivity contribution in [2.45, 2.75) is 37.9 Å². The minimum Gasteiger partial charge on any atom is -0.362 e. The van der Waals surface area contributed by atoms with Crippen LogP contribution in [0.1, 0.15) is 37.8 Å². The lowest BCUT2D eigenvalue weighted by atomic mass is 9.91. The zero-order valence-electron chi connectivity index (χ0n) is 17.6. The van der Waals surface area contributed by atoms with Crippen LogP contribution in [0.5, 0.6) is 0 Å². The Hall–Kier alpha value is -2.61. The first-order valence-electron chi connectivity index (χ1n) is 10.6. The zero-order chi connectivity index (χ0) is 21.8. The van der Waals surface area contributed by atoms with Crippen LogP contribution in [0.15, 0.2) is 58.7 Å². The van der Waals surface area contributed by atoms with E-state index >= 15 is 0 Å². The molecule has 164 valence electrons. The zero-order valence-corrected chi connectivity index (χ0v) is 17.6. The normalized spacial score (nSPS) is 23.0. The predicted octanol–water partition coefficient (Wildman–Crippen LogP) is 3.88. The number of nitrogens with zero attached hydrogens (tertiary/aromatic N) is 2. The highest BCUT2D eigenvalue weighted by Gasteiger charge is 2.29. The summed E-state index contributed by atoms with van der Waals surface area (Å²) in [6, 6.07) is 4.57. The molecule has 0 bridgehead atoms. The van der Waals surface area contributed by atoms with Crippen molar-refractivity contribution in [2.75, 3.05) is 26.2 Å². The lowest BCUT2D eigenvalue weighted by molar-refractivity contribution is -0.159. The smallest absolute Gasteiger partial charge is 0.190 e. The van der Waals surface area contributed by atoms with Crippen LogP contribution in [0.4, 0.5) is 4.39 Å². The summed E-state index contributed by atoms with van der Waals surface area (Å²) < 4.78 is 24.2. The predicted molar refractivity (Wildman–Crippen MR) is 115 cm³/mol. The number of likely N-dealkylation sites (tertiary alicyclic amines) is 1. The number of allylic oxidation sites excluding steroid dienone is 2. The fraction of sp³-hybridized carbons (Fsp3) is 0.417. The van der Waals surface area contributed by atoms with Gasteiger partial charge in [0.05, 0.1) is 12.3 Å². The van der Waals surface area contributed by atoms with Gasteiger partial charge in [0.1, 0.15) is 5.82 Å². The van der Waals surface area contributed by atoms with Gasteiger partial charge >= 0.3 is 0 Å². The number of halogens is 1. The molecular weight excluding hydrogens is 399 g/mol. The third-order valence-electron chi connectivity index (χ3n) is 5.95. The molecule has 0 amide bonds. The van der Waals surface area contributed by atoms with Crippen LogP contribution in [-0.2, 0) is 9.53 Å². The summed E-state index contributed by atoms with van der Waals surface area (Å²) >= 11 is 0. The van der Waals surface area contributed by atoms with Crippen molar-refractivity contribution < 1.29 is 23.6 Å². The first-order chi connectivity index (χ1) is 14.9. The highest BCUT2D eigenvalue weighted by molar-refractivity contribution is 5.94. The number of ether oxygens (including phenoxy) is 1. The number of Topliss-reactive ketones (excluding diaryl/α,β-unsaturated/α-hetero) is 1. The number of hydrogen-bond donors (Lipinski definition) is 1. The molecule has 1 aliphatic heterocycles. The molecule has 31 heavy (non-hydrogen) atoms. The third-order valence-corrected chi connectivity index (χ3v) is 5.95. The molecule has 1 saturated heterocycles. The van der Waals surface area contributed by atoms with E-state index in [0.29, 0.717) is 17.1 Å². The molecule has 2 aliphatic rings. The van der Waals surface area contributed by atoms with Gasteiger partial charge in [0.15, 0.2) is 17.2 Å². The quantitative estimate of drug-likeness (QED) is 0.535. The van der Waals surface area contributed by atoms with Crippen molar-refractivity contribution in [3.05, 3.63) is 65.7 Å². The van der Waals surface area contributed by atoms with Gasteiger partial charge in [-0.05, 0) is 51.1 Å². The summed E-state index contributed by atoms with van der Waals surface area (Å²) in [4.78, 5) is 13.8. The summed E-state index contributed by atoms with van der Waals surface area (Å²) in [6.07, 6.45) is 11.0. The van der Waals surface area contributed by atoms with Crippen LogP contribution < -0.4 is 0 Å². The van der Waals surface area contributed by atoms with Crippen molar-refractivity contribution in [3.8, 4) is 0 Å². The molecule has 1 aromatic carbocycles. The molecule has 4 rings (SSSR count). The molecule has 1 aliphatic carbocycles. The van der Waals surface area contributed by atoms with Crippen LogP contribution in [0.2, 0.25) is 0 Å². The monoisotopic (exact) mass is 426 g/mol. The maximum absolute atomic E-state index is 13.3. The molecular formula is C24H27FN2O4. The van der Waals surface area contributed by atoms with E-state index in [1.807, 2.05) is 12.2 Å². The SMILES string of the molecule is CC(=O)C1=CC=CC(O)(OCC=CCN2CCC(c3noc4cc(F)ccc34)CC2)C1. The van der Waals surface area contributed by atoms with E-state index in [2.05, 4.69) is 10.1 Å². The molecule has 2 aromatic rings. The Kier molecular flexibility index (Phi) is 6.46. The molecule has 0 radical (unpaired) electrons. The van der Waals surface area contributed by atoms with Crippen molar-refractivity contribution in [1.82, 2.24) is 10.1 Å². The summed E-state index contributed by atoms with van der Waals surface area (Å²) in [6.45, 7) is 4.42. The van der Waals surface area contributed by atoms with E-state index in [0.717, 1.165) is 43.6 Å². The number of hydrogen-bond acceptors (Lipinski definition) is 6. The van der Waals surface area contributed by atoms with Gasteiger partial charge in [-0.2, -0.15) is 0 Å². The summed E-state index contributed by atoms with van der Waals surface area (Å²) in [5.74, 6) is -1.49. The summed E-state index contributed by atoms with van der Waals surface area (Å²) in [5.41, 5.74) is 1.98. The summed E-state index contributed by atoms with van der Waals surface area (Å²) in [5, 5.41) is 15.6. The average Bonchev–Trinajstić information content (AvgIpc) is 3.17. The van der Waals surface area contributed by atoms with Gasteiger partial charge < -0.3 is 14.4 Å². The second-order valence-electron chi connectivity index (χ2n) is 8.19. The van der Waals surface area contributed by atoms with E-state index < -0.39 is 5.79 Å². The topological polar surface area (TPSA) is 75.8 Å². The van der Waals surface area contributed by atoms with Gasteiger partial charge in [-0.3, -0.25) is 9.69 Å². The molecule has 0 saturated carbocycles. The number of piperidine rings is 1. The van der Waals surface area contributed by atoms with Gasteiger partial charge in [0, 0.05) is 35.9 Å². The van der Waals surface area contributed by atoms with Gasteiger partial charge in [-0.25, -0.2) is 4.39 Å². The van der Waals surface area contributed by atoms with Crippen molar-refractivity contribution in [2.24, 2.45) is 0 Å². The number of fused-ring (bicyclic) bond motifs is 1. The van der Waals surface area contributed by atoms with E-state index in [-0.39, 0.29) is 24.6 Å². The molecule has 1 aromatic heterocycles. The van der Waals surface area contributed by atoms with Crippen LogP contribution in [0.25, 0.3) is 11.0 Å². The van der Waals surface area contributed by atoms with Gasteiger partial charge in [0.2, 0.25) is 0 Å². The number of ketones is 1. The van der Waals surface area contributed by atoms with Crippen LogP contribution in [0.3, 0.4) is 0 Å². The van der Waals surface area contributed by atoms with Crippen molar-refractivity contribution in [1.29, 1.82) is 0 Å². The number of carbonyl (C=O) groups excluding carboxylic acids is 1. The third kappa shape index (κ3) is 5.18. The first kappa shape index (κ1) is 21.6. The average molecular weight is 426 g/mol. The largest absolute Gasteiger partial charge is 0.362 e. The Morgan fingerprint density at radius 3 is 2.97 bits per heavy atom. The Morgan fingerprint density at radius 1 is 1.39 bits per heavy atom. The minimum atomic E-state index is -1.43. The van der Waals surface area contributed by atoms with Crippen LogP contribution >= 0.6 is 0 Å². The van der Waals surface area contributed by atoms with Crippen molar-refractivity contribution in [3.63, 3.8) is 0 Å². The lowest BCUT2D eigenvalue weighted by Gasteiger charge is -2.30. The molecule has 0 spiro atoms. The van der Waals surface area contributed by atoms with Gasteiger partial charge in [0.25, 0.3) is 0 Å². The molecule has 1 atom stereocenters. The number of aromatic nitrogens is 1. The van der Waals surface area contributed by atoms with E-state index in [1.54, 1.807) is 24.3 Å². The van der Waals surface area contributed by atoms with Crippen molar-refractivity contribution >= 4 is 16.8 Å². The van der Waals surface area contributed by atoms with Gasteiger partial charge in [-0.1, -0.05) is 29.5 Å². The van der Waals surface area contributed by atoms with Gasteiger partial charge in [-0.15, -0.1) is 0 Å². The lowest BCUT2D eigenvalue weighted by Crippen LogP contribution is -2.34. The maximum atomic E-state index is 13.3. The highest BCUT2D eigenvalue weighted by atomic mass is 19.1. The molecule has 2 heterocycles. The summed E-state index contributed by atoms with van der Waals surface area (Å²) in [7, 11) is 0. The second kappa shape index (κ2) is 9.26. The maximum Gasteiger partial charge on any atom is 0.190 e. The molecule has 6 nitrogen and oxygen atoms in total. The highest BCUT2D eigenvalue weighted by Crippen LogP contribution is 2.32. The standard InChI is InChI=1S/C24H27FN2O4/c1-17(28)19-5-4-10-24(29,16-19)30-14-3-2-11-27-12-8-18(9-13-27)23-21-7-6-20(25)15-22(21)31-26-23/h2-7,10,15,18,29H,8-9,11-14,16H2,1H3. The fourth-order valence-electron chi connectivity index (χ4n) is 4.14. The molecule has 7 heteroatoms. The minimum absolute atomic E-state index is 0.0592. The number of aliphatic hydroxyl groups is 1. The van der Waals surface area contributed by atoms with E-state index in [1.165, 1.54) is 19.1 Å². The first-order valence-corrected chi connectivity index (χ1v) is 10.6. The van der Waals surface area contributed by atoms with Crippen LogP contribution in [0, 0.1) is 5.82 Å². The van der Waals surface area contributed by atoms with E-state index in [4.69, 9.17) is 9.26 Å². The molecule has 1 N–H and O–H groups in total.